The first-order valence-electron chi connectivity index (χ1n) is 4.63. The molecule has 0 saturated heterocycles. The van der Waals surface area contributed by atoms with Crippen molar-refractivity contribution in [2.24, 2.45) is 0 Å². The molecule has 2 rings (SSSR count). The molecule has 2 aromatic rings. The highest BCUT2D eigenvalue weighted by Gasteiger charge is 2.01. The maximum atomic E-state index is 13.1. The lowest BCUT2D eigenvalue weighted by molar-refractivity contribution is 0.625. The van der Waals surface area contributed by atoms with Gasteiger partial charge in [0.25, 0.3) is 0 Å². The first-order valence-corrected chi connectivity index (χ1v) is 5.82. The minimum Gasteiger partial charge on any atom is -0.399 e. The van der Waals surface area contributed by atoms with Crippen molar-refractivity contribution in [1.29, 1.82) is 0 Å². The number of hydrogen-bond donors (Lipinski definition) is 1. The zero-order chi connectivity index (χ0) is 11.5. The van der Waals surface area contributed by atoms with Crippen LogP contribution in [0.15, 0.2) is 52.3 Å². The Morgan fingerprint density at radius 3 is 2.56 bits per heavy atom. The van der Waals surface area contributed by atoms with Gasteiger partial charge in [0.1, 0.15) is 5.82 Å². The molecule has 2 aromatic carbocycles. The topological polar surface area (TPSA) is 26.0 Å². The summed E-state index contributed by atoms with van der Waals surface area (Å²) >= 11 is 7.29. The average molecular weight is 254 g/mol. The van der Waals surface area contributed by atoms with E-state index in [2.05, 4.69) is 0 Å². The molecule has 4 heteroatoms. The van der Waals surface area contributed by atoms with Crippen molar-refractivity contribution in [3.05, 3.63) is 53.3 Å². The van der Waals surface area contributed by atoms with E-state index in [0.29, 0.717) is 10.7 Å². The van der Waals surface area contributed by atoms with Crippen molar-refractivity contribution in [1.82, 2.24) is 0 Å². The van der Waals surface area contributed by atoms with E-state index in [0.717, 1.165) is 9.79 Å². The summed E-state index contributed by atoms with van der Waals surface area (Å²) in [4.78, 5) is 1.72. The normalized spacial score (nSPS) is 10.4. The molecule has 0 aliphatic heterocycles. The Balaban J connectivity index is 2.27. The average Bonchev–Trinajstić information content (AvgIpc) is 2.15. The molecular weight excluding hydrogens is 245 g/mol. The molecule has 0 heterocycles. The summed E-state index contributed by atoms with van der Waals surface area (Å²) < 4.78 is 13.1. The molecule has 0 spiro atoms. The largest absolute Gasteiger partial charge is 0.399 e. The van der Waals surface area contributed by atoms with Gasteiger partial charge in [-0.05, 0) is 36.4 Å². The third-order valence-corrected chi connectivity index (χ3v) is 3.12. The summed E-state index contributed by atoms with van der Waals surface area (Å²) in [5, 5.41) is 0.661. The van der Waals surface area contributed by atoms with Crippen LogP contribution in [0.2, 0.25) is 5.02 Å². The molecule has 2 N–H and O–H groups in total. The minimum absolute atomic E-state index is 0.329. The van der Waals surface area contributed by atoms with Gasteiger partial charge < -0.3 is 5.73 Å². The number of nitrogen functional groups attached to an aromatic ring is 1. The van der Waals surface area contributed by atoms with Gasteiger partial charge in [0.2, 0.25) is 0 Å². The number of anilines is 1. The number of rotatable bonds is 2. The van der Waals surface area contributed by atoms with Crippen molar-refractivity contribution in [2.45, 2.75) is 9.79 Å². The predicted octanol–water partition coefficient (Wildman–Crippen LogP) is 4.21. The molecule has 0 amide bonds. The van der Waals surface area contributed by atoms with Crippen molar-refractivity contribution >= 4 is 29.1 Å². The fourth-order valence-corrected chi connectivity index (χ4v) is 2.54. The van der Waals surface area contributed by atoms with Crippen LogP contribution in [-0.4, -0.2) is 0 Å². The molecule has 0 aliphatic rings. The fraction of sp³-hybridized carbons (Fsp3) is 0. The molecule has 0 fully saturated rings. The third-order valence-electron chi connectivity index (χ3n) is 1.93. The molecule has 16 heavy (non-hydrogen) atoms. The highest BCUT2D eigenvalue weighted by atomic mass is 35.5. The van der Waals surface area contributed by atoms with Crippen molar-refractivity contribution in [3.63, 3.8) is 0 Å². The van der Waals surface area contributed by atoms with Crippen LogP contribution in [-0.2, 0) is 0 Å². The van der Waals surface area contributed by atoms with Crippen LogP contribution in [0.1, 0.15) is 0 Å². The van der Waals surface area contributed by atoms with Crippen LogP contribution < -0.4 is 5.73 Å². The van der Waals surface area contributed by atoms with Crippen LogP contribution in [0.25, 0.3) is 0 Å². The SMILES string of the molecule is Nc1cc(F)cc(Sc2cccc(Cl)c2)c1. The fourth-order valence-electron chi connectivity index (χ4n) is 1.31. The quantitative estimate of drug-likeness (QED) is 0.812. The lowest BCUT2D eigenvalue weighted by atomic mass is 10.3. The van der Waals surface area contributed by atoms with Gasteiger partial charge >= 0.3 is 0 Å². The molecule has 0 radical (unpaired) electrons. The predicted molar refractivity (Wildman–Crippen MR) is 66.4 cm³/mol. The molecule has 0 atom stereocenters. The van der Waals surface area contributed by atoms with Gasteiger partial charge in [0, 0.05) is 20.5 Å². The van der Waals surface area contributed by atoms with Gasteiger partial charge in [-0.15, -0.1) is 0 Å². The first kappa shape index (κ1) is 11.3. The van der Waals surface area contributed by atoms with E-state index in [4.69, 9.17) is 17.3 Å². The summed E-state index contributed by atoms with van der Waals surface area (Å²) in [7, 11) is 0. The zero-order valence-corrected chi connectivity index (χ0v) is 9.86. The van der Waals surface area contributed by atoms with E-state index in [9.17, 15) is 4.39 Å². The minimum atomic E-state index is -0.329. The lowest BCUT2D eigenvalue weighted by Crippen LogP contribution is -1.87. The van der Waals surface area contributed by atoms with Crippen molar-refractivity contribution in [2.75, 3.05) is 5.73 Å². The second-order valence-electron chi connectivity index (χ2n) is 3.28. The second kappa shape index (κ2) is 4.76. The van der Waals surface area contributed by atoms with E-state index < -0.39 is 0 Å². The number of hydrogen-bond acceptors (Lipinski definition) is 2. The van der Waals surface area contributed by atoms with E-state index >= 15 is 0 Å². The van der Waals surface area contributed by atoms with Crippen LogP contribution in [0.5, 0.6) is 0 Å². The van der Waals surface area contributed by atoms with Crippen molar-refractivity contribution in [3.8, 4) is 0 Å². The Morgan fingerprint density at radius 1 is 1.06 bits per heavy atom. The summed E-state index contributed by atoms with van der Waals surface area (Å²) in [5.74, 6) is -0.329. The summed E-state index contributed by atoms with van der Waals surface area (Å²) in [6, 6.07) is 11.9. The molecule has 0 saturated carbocycles. The monoisotopic (exact) mass is 253 g/mol. The molecular formula is C12H9ClFNS. The standard InChI is InChI=1S/C12H9ClFNS/c13-8-2-1-3-11(4-8)16-12-6-9(14)5-10(15)7-12/h1-7H,15H2. The molecule has 0 bridgehead atoms. The number of nitrogens with two attached hydrogens (primary N) is 1. The van der Waals surface area contributed by atoms with E-state index in [1.165, 1.54) is 23.9 Å². The Hall–Kier alpha value is -1.19. The molecule has 0 aliphatic carbocycles. The second-order valence-corrected chi connectivity index (χ2v) is 4.86. The Labute approximate surface area is 102 Å². The van der Waals surface area contributed by atoms with E-state index in [-0.39, 0.29) is 5.82 Å². The molecule has 0 aromatic heterocycles. The summed E-state index contributed by atoms with van der Waals surface area (Å²) in [6.45, 7) is 0. The Morgan fingerprint density at radius 2 is 1.88 bits per heavy atom. The number of benzene rings is 2. The van der Waals surface area contributed by atoms with Crippen molar-refractivity contribution < 1.29 is 4.39 Å². The van der Waals surface area contributed by atoms with Gasteiger partial charge in [0.05, 0.1) is 0 Å². The van der Waals surface area contributed by atoms with Gasteiger partial charge in [0.15, 0.2) is 0 Å². The summed E-state index contributed by atoms with van der Waals surface area (Å²) in [6.07, 6.45) is 0. The highest BCUT2D eigenvalue weighted by Crippen LogP contribution is 2.30. The van der Waals surface area contributed by atoms with Gasteiger partial charge in [-0.2, -0.15) is 0 Å². The molecule has 82 valence electrons. The lowest BCUT2D eigenvalue weighted by Gasteiger charge is -2.03. The van der Waals surface area contributed by atoms with Crippen LogP contribution in [0.3, 0.4) is 0 Å². The molecule has 1 nitrogen and oxygen atoms in total. The number of halogens is 2. The Bertz CT molecular complexity index is 496. The van der Waals surface area contributed by atoms with Crippen LogP contribution in [0.4, 0.5) is 10.1 Å². The Kier molecular flexibility index (Phi) is 3.36. The van der Waals surface area contributed by atoms with Gasteiger partial charge in [-0.3, -0.25) is 0 Å². The van der Waals surface area contributed by atoms with E-state index in [1.54, 1.807) is 12.1 Å². The zero-order valence-electron chi connectivity index (χ0n) is 8.28. The van der Waals surface area contributed by atoms with Gasteiger partial charge in [-0.25, -0.2) is 4.39 Å². The highest BCUT2D eigenvalue weighted by molar-refractivity contribution is 7.99. The first-order chi connectivity index (χ1) is 7.63. The van der Waals surface area contributed by atoms with Crippen LogP contribution in [0, 0.1) is 5.82 Å². The smallest absolute Gasteiger partial charge is 0.126 e. The summed E-state index contributed by atoms with van der Waals surface area (Å²) in [5.41, 5.74) is 5.98. The van der Waals surface area contributed by atoms with Crippen LogP contribution >= 0.6 is 23.4 Å². The maximum Gasteiger partial charge on any atom is 0.126 e. The maximum absolute atomic E-state index is 13.1. The van der Waals surface area contributed by atoms with Gasteiger partial charge in [-0.1, -0.05) is 29.4 Å². The third kappa shape index (κ3) is 2.90. The molecule has 0 unspecified atom stereocenters. The van der Waals surface area contributed by atoms with E-state index in [1.807, 2.05) is 18.2 Å².